The first-order chi connectivity index (χ1) is 11.6. The number of rotatable bonds is 5. The summed E-state index contributed by atoms with van der Waals surface area (Å²) < 4.78 is 5.36. The molecule has 1 aliphatic heterocycles. The summed E-state index contributed by atoms with van der Waals surface area (Å²) in [5.74, 6) is 0.752. The van der Waals surface area contributed by atoms with Crippen LogP contribution in [0.1, 0.15) is 30.4 Å². The predicted molar refractivity (Wildman–Crippen MR) is 93.4 cm³/mol. The number of nitrogens with one attached hydrogen (secondary N) is 2. The molecule has 24 heavy (non-hydrogen) atoms. The average Bonchev–Trinajstić information content (AvgIpc) is 2.93. The minimum Gasteiger partial charge on any atom is -0.496 e. The van der Waals surface area contributed by atoms with E-state index in [0.717, 1.165) is 22.6 Å². The van der Waals surface area contributed by atoms with E-state index < -0.39 is 0 Å². The highest BCUT2D eigenvalue weighted by Crippen LogP contribution is 2.29. The number of carbonyl (C=O) groups is 2. The van der Waals surface area contributed by atoms with E-state index >= 15 is 0 Å². The van der Waals surface area contributed by atoms with Gasteiger partial charge in [-0.2, -0.15) is 0 Å². The van der Waals surface area contributed by atoms with Crippen molar-refractivity contribution in [1.82, 2.24) is 0 Å². The van der Waals surface area contributed by atoms with Crippen molar-refractivity contribution >= 4 is 23.2 Å². The molecule has 2 N–H and O–H groups in total. The fraction of sp³-hybridized carbons (Fsp3) is 0.263. The SMILES string of the molecule is COc1ccccc1C(C)CC(=O)Nc1ccc2c(c1)CC(=O)N2. The van der Waals surface area contributed by atoms with Gasteiger partial charge in [0, 0.05) is 17.8 Å². The van der Waals surface area contributed by atoms with Gasteiger partial charge in [-0.1, -0.05) is 25.1 Å². The Balaban J connectivity index is 1.66. The quantitative estimate of drug-likeness (QED) is 0.886. The third-order valence-corrected chi connectivity index (χ3v) is 4.18. The minimum atomic E-state index is -0.0642. The lowest BCUT2D eigenvalue weighted by molar-refractivity contribution is -0.116. The summed E-state index contributed by atoms with van der Waals surface area (Å²) >= 11 is 0. The van der Waals surface area contributed by atoms with Gasteiger partial charge in [-0.25, -0.2) is 0 Å². The molecule has 0 fully saturated rings. The lowest BCUT2D eigenvalue weighted by Gasteiger charge is -2.15. The Morgan fingerprint density at radius 2 is 2.08 bits per heavy atom. The number of anilines is 2. The fourth-order valence-electron chi connectivity index (χ4n) is 2.98. The van der Waals surface area contributed by atoms with Crippen molar-refractivity contribution in [3.05, 3.63) is 53.6 Å². The molecule has 0 saturated carbocycles. The Hall–Kier alpha value is -2.82. The molecule has 1 aliphatic rings. The third-order valence-electron chi connectivity index (χ3n) is 4.18. The summed E-state index contributed by atoms with van der Waals surface area (Å²) in [6, 6.07) is 13.2. The van der Waals surface area contributed by atoms with Gasteiger partial charge >= 0.3 is 0 Å². The van der Waals surface area contributed by atoms with Crippen molar-refractivity contribution < 1.29 is 14.3 Å². The number of hydrogen-bond acceptors (Lipinski definition) is 3. The van der Waals surface area contributed by atoms with Gasteiger partial charge in [-0.15, -0.1) is 0 Å². The van der Waals surface area contributed by atoms with Crippen LogP contribution < -0.4 is 15.4 Å². The van der Waals surface area contributed by atoms with Crippen LogP contribution in [0.4, 0.5) is 11.4 Å². The molecule has 2 aromatic rings. The van der Waals surface area contributed by atoms with Crippen molar-refractivity contribution in [2.75, 3.05) is 17.7 Å². The molecule has 0 bridgehead atoms. The maximum Gasteiger partial charge on any atom is 0.228 e. The Morgan fingerprint density at radius 3 is 2.88 bits per heavy atom. The maximum absolute atomic E-state index is 12.3. The van der Waals surface area contributed by atoms with Crippen LogP contribution in [-0.2, 0) is 16.0 Å². The topological polar surface area (TPSA) is 67.4 Å². The summed E-state index contributed by atoms with van der Waals surface area (Å²) in [7, 11) is 1.63. The molecule has 1 atom stereocenters. The number of para-hydroxylation sites is 1. The van der Waals surface area contributed by atoms with E-state index in [1.165, 1.54) is 0 Å². The molecular weight excluding hydrogens is 304 g/mol. The summed E-state index contributed by atoms with van der Waals surface area (Å²) in [6.45, 7) is 2.00. The molecular formula is C19H20N2O3. The van der Waals surface area contributed by atoms with Gasteiger partial charge in [0.25, 0.3) is 0 Å². The molecule has 0 spiro atoms. The van der Waals surface area contributed by atoms with E-state index in [-0.39, 0.29) is 17.7 Å². The Morgan fingerprint density at radius 1 is 1.29 bits per heavy atom. The number of ether oxygens (including phenoxy) is 1. The number of methoxy groups -OCH3 is 1. The third kappa shape index (κ3) is 3.40. The Kier molecular flexibility index (Phi) is 4.51. The van der Waals surface area contributed by atoms with Crippen molar-refractivity contribution in [3.63, 3.8) is 0 Å². The lowest BCUT2D eigenvalue weighted by Crippen LogP contribution is -2.14. The standard InChI is InChI=1S/C19H20N2O3/c1-12(15-5-3-4-6-17(15)24-2)9-18(22)20-14-7-8-16-13(10-14)11-19(23)21-16/h3-8,10,12H,9,11H2,1-2H3,(H,20,22)(H,21,23). The van der Waals surface area contributed by atoms with Crippen LogP contribution in [0.3, 0.4) is 0 Å². The first kappa shape index (κ1) is 16.1. The number of carbonyl (C=O) groups excluding carboxylic acids is 2. The summed E-state index contributed by atoms with van der Waals surface area (Å²) in [5, 5.41) is 5.68. The molecule has 3 rings (SSSR count). The van der Waals surface area contributed by atoms with Crippen LogP contribution in [0.15, 0.2) is 42.5 Å². The number of hydrogen-bond donors (Lipinski definition) is 2. The second-order valence-electron chi connectivity index (χ2n) is 5.99. The first-order valence-electron chi connectivity index (χ1n) is 7.92. The monoisotopic (exact) mass is 324 g/mol. The molecule has 0 aromatic heterocycles. The molecule has 5 heteroatoms. The van der Waals surface area contributed by atoms with Gasteiger partial charge in [-0.05, 0) is 41.3 Å². The van der Waals surface area contributed by atoms with E-state index in [4.69, 9.17) is 4.74 Å². The summed E-state index contributed by atoms with van der Waals surface area (Å²) in [4.78, 5) is 23.7. The molecule has 5 nitrogen and oxygen atoms in total. The highest BCUT2D eigenvalue weighted by Gasteiger charge is 2.19. The fourth-order valence-corrected chi connectivity index (χ4v) is 2.98. The van der Waals surface area contributed by atoms with Gasteiger partial charge in [0.1, 0.15) is 5.75 Å². The predicted octanol–water partition coefficient (Wildman–Crippen LogP) is 3.32. The zero-order valence-corrected chi connectivity index (χ0v) is 13.8. The molecule has 2 amide bonds. The summed E-state index contributed by atoms with van der Waals surface area (Å²) in [5.41, 5.74) is 3.46. The van der Waals surface area contributed by atoms with Crippen LogP contribution >= 0.6 is 0 Å². The van der Waals surface area contributed by atoms with E-state index in [9.17, 15) is 9.59 Å². The Bertz CT molecular complexity index is 786. The lowest BCUT2D eigenvalue weighted by atomic mass is 9.96. The van der Waals surface area contributed by atoms with Crippen LogP contribution in [0.5, 0.6) is 5.75 Å². The van der Waals surface area contributed by atoms with Gasteiger partial charge in [0.2, 0.25) is 11.8 Å². The zero-order chi connectivity index (χ0) is 17.1. The zero-order valence-electron chi connectivity index (χ0n) is 13.8. The van der Waals surface area contributed by atoms with Crippen LogP contribution in [0.25, 0.3) is 0 Å². The normalized spacial score (nSPS) is 13.8. The van der Waals surface area contributed by atoms with E-state index in [1.807, 2.05) is 43.3 Å². The molecule has 1 heterocycles. The minimum absolute atomic E-state index is 0.0155. The largest absolute Gasteiger partial charge is 0.496 e. The molecule has 0 aliphatic carbocycles. The van der Waals surface area contributed by atoms with E-state index in [0.29, 0.717) is 18.5 Å². The summed E-state index contributed by atoms with van der Waals surface area (Å²) in [6.07, 6.45) is 0.714. The molecule has 2 aromatic carbocycles. The van der Waals surface area contributed by atoms with Crippen molar-refractivity contribution in [2.45, 2.75) is 25.7 Å². The van der Waals surface area contributed by atoms with Crippen molar-refractivity contribution in [2.24, 2.45) is 0 Å². The highest BCUT2D eigenvalue weighted by atomic mass is 16.5. The molecule has 0 radical (unpaired) electrons. The van der Waals surface area contributed by atoms with Crippen molar-refractivity contribution in [1.29, 1.82) is 0 Å². The highest BCUT2D eigenvalue weighted by molar-refractivity contribution is 6.00. The van der Waals surface area contributed by atoms with Gasteiger partial charge in [0.15, 0.2) is 0 Å². The average molecular weight is 324 g/mol. The molecule has 0 saturated heterocycles. The van der Waals surface area contributed by atoms with Gasteiger partial charge in [-0.3, -0.25) is 9.59 Å². The second kappa shape index (κ2) is 6.74. The van der Waals surface area contributed by atoms with E-state index in [2.05, 4.69) is 10.6 Å². The number of fused-ring (bicyclic) bond motifs is 1. The maximum atomic E-state index is 12.3. The van der Waals surface area contributed by atoms with Gasteiger partial charge in [0.05, 0.1) is 13.5 Å². The molecule has 124 valence electrons. The van der Waals surface area contributed by atoms with E-state index in [1.54, 1.807) is 13.2 Å². The molecule has 1 unspecified atom stereocenters. The smallest absolute Gasteiger partial charge is 0.228 e. The van der Waals surface area contributed by atoms with Crippen LogP contribution in [0.2, 0.25) is 0 Å². The number of amides is 2. The second-order valence-corrected chi connectivity index (χ2v) is 5.99. The van der Waals surface area contributed by atoms with Crippen LogP contribution in [0, 0.1) is 0 Å². The first-order valence-corrected chi connectivity index (χ1v) is 7.92. The van der Waals surface area contributed by atoms with Crippen LogP contribution in [-0.4, -0.2) is 18.9 Å². The van der Waals surface area contributed by atoms with Gasteiger partial charge < -0.3 is 15.4 Å². The number of benzene rings is 2. The van der Waals surface area contributed by atoms with Crippen molar-refractivity contribution in [3.8, 4) is 5.75 Å². The Labute approximate surface area is 141 Å².